The second-order valence-corrected chi connectivity index (χ2v) is 14.2. The summed E-state index contributed by atoms with van der Waals surface area (Å²) in [6.45, 7) is 6.70. The number of oxazole rings is 2. The standard InChI is InChI=1S/C41H35F5N4O5/c1-21-17-49(18-21)19-24-13-30(41(44,45)46)36-32(14-24)48-38(55-36)29-10-5-8-27(23(29)3)26-7-4-9-28(22(26)2)37-47-31-15-25(20-50-12-6-11-33(50)39(51)52)34(54-40(42)43)16-35(31)53-37/h4-5,7-10,13-16,33,40H,1,6,11-12,17-20H2,2-3H3,(H,51,52)/t33-/m0/s1. The van der Waals surface area contributed by atoms with Crippen molar-refractivity contribution < 1.29 is 45.4 Å². The van der Waals surface area contributed by atoms with Crippen LogP contribution in [0.2, 0.25) is 0 Å². The number of hydrogen-bond acceptors (Lipinski definition) is 8. The molecule has 9 nitrogen and oxygen atoms in total. The minimum absolute atomic E-state index is 0.0586. The Morgan fingerprint density at radius 1 is 0.927 bits per heavy atom. The highest BCUT2D eigenvalue weighted by Crippen LogP contribution is 2.42. The number of fused-ring (bicyclic) bond motifs is 2. The van der Waals surface area contributed by atoms with Crippen LogP contribution in [-0.4, -0.2) is 63.1 Å². The molecule has 4 heterocycles. The number of benzene rings is 4. The topological polar surface area (TPSA) is 105 Å². The summed E-state index contributed by atoms with van der Waals surface area (Å²) in [4.78, 5) is 24.7. The molecule has 1 N–H and O–H groups in total. The minimum Gasteiger partial charge on any atom is -0.480 e. The monoisotopic (exact) mass is 758 g/mol. The molecular formula is C41H35F5N4O5. The SMILES string of the molecule is C=C1CN(Cc2cc(C(F)(F)F)c3oc(-c4cccc(-c5cccc(-c6nc7cc(CN8CCC[C@H]8C(=O)O)c(OC(F)F)cc7o6)c5C)c4C)nc3c2)C1. The molecule has 1 atom stereocenters. The maximum atomic E-state index is 14.3. The number of carboxylic acid groups (broad SMARTS) is 1. The second-order valence-electron chi connectivity index (χ2n) is 14.2. The van der Waals surface area contributed by atoms with Crippen LogP contribution in [-0.2, 0) is 24.1 Å². The summed E-state index contributed by atoms with van der Waals surface area (Å²) >= 11 is 0. The van der Waals surface area contributed by atoms with Crippen LogP contribution in [0.4, 0.5) is 22.0 Å². The van der Waals surface area contributed by atoms with E-state index >= 15 is 0 Å². The van der Waals surface area contributed by atoms with Gasteiger partial charge in [0.25, 0.3) is 0 Å². The third-order valence-corrected chi connectivity index (χ3v) is 10.4. The number of alkyl halides is 5. The molecule has 0 saturated carbocycles. The van der Waals surface area contributed by atoms with Gasteiger partial charge < -0.3 is 18.7 Å². The molecule has 2 aliphatic heterocycles. The van der Waals surface area contributed by atoms with Gasteiger partial charge in [0.15, 0.2) is 11.2 Å². The van der Waals surface area contributed by atoms with Crippen molar-refractivity contribution in [3.05, 3.63) is 101 Å². The van der Waals surface area contributed by atoms with Crippen LogP contribution in [0.5, 0.6) is 5.75 Å². The van der Waals surface area contributed by atoms with Crippen molar-refractivity contribution in [2.45, 2.75) is 58.6 Å². The summed E-state index contributed by atoms with van der Waals surface area (Å²) in [7, 11) is 0. The Hall–Kier alpha value is -5.60. The number of rotatable bonds is 10. The van der Waals surface area contributed by atoms with Crippen molar-refractivity contribution in [1.82, 2.24) is 19.8 Å². The Balaban J connectivity index is 1.14. The Morgan fingerprint density at radius 2 is 1.56 bits per heavy atom. The zero-order chi connectivity index (χ0) is 38.8. The summed E-state index contributed by atoms with van der Waals surface area (Å²) in [5.74, 6) is -0.814. The fourth-order valence-electron chi connectivity index (χ4n) is 7.74. The van der Waals surface area contributed by atoms with Gasteiger partial charge in [0.1, 0.15) is 28.4 Å². The van der Waals surface area contributed by atoms with E-state index < -0.39 is 30.4 Å². The molecule has 0 spiro atoms. The molecule has 0 bridgehead atoms. The highest BCUT2D eigenvalue weighted by molar-refractivity contribution is 5.86. The second kappa shape index (κ2) is 13.9. The quantitative estimate of drug-likeness (QED) is 0.108. The van der Waals surface area contributed by atoms with Gasteiger partial charge in [-0.1, -0.05) is 30.8 Å². The van der Waals surface area contributed by atoms with Crippen molar-refractivity contribution >= 4 is 28.2 Å². The lowest BCUT2D eigenvalue weighted by molar-refractivity contribution is -0.142. The summed E-state index contributed by atoms with van der Waals surface area (Å²) in [6, 6.07) is 15.9. The van der Waals surface area contributed by atoms with Gasteiger partial charge in [-0.2, -0.15) is 22.0 Å². The number of hydrogen-bond donors (Lipinski definition) is 1. The summed E-state index contributed by atoms with van der Waals surface area (Å²) in [5.41, 5.74) is 5.58. The number of carboxylic acids is 1. The van der Waals surface area contributed by atoms with Crippen LogP contribution >= 0.6 is 0 Å². The molecule has 14 heteroatoms. The predicted molar refractivity (Wildman–Crippen MR) is 194 cm³/mol. The maximum Gasteiger partial charge on any atom is 0.420 e. The minimum atomic E-state index is -4.65. The predicted octanol–water partition coefficient (Wildman–Crippen LogP) is 9.63. The number of carbonyl (C=O) groups is 1. The van der Waals surface area contributed by atoms with Gasteiger partial charge in [-0.25, -0.2) is 9.97 Å². The Kier molecular flexibility index (Phi) is 9.20. The van der Waals surface area contributed by atoms with E-state index in [0.29, 0.717) is 66.8 Å². The normalized spacial score (nSPS) is 16.8. The Labute approximate surface area is 311 Å². The van der Waals surface area contributed by atoms with Crippen LogP contribution in [0.25, 0.3) is 56.2 Å². The first-order valence-corrected chi connectivity index (χ1v) is 17.7. The molecule has 284 valence electrons. The van der Waals surface area contributed by atoms with Crippen LogP contribution in [0.3, 0.4) is 0 Å². The third kappa shape index (κ3) is 6.96. The van der Waals surface area contributed by atoms with E-state index in [2.05, 4.69) is 11.6 Å². The van der Waals surface area contributed by atoms with Crippen LogP contribution in [0, 0.1) is 13.8 Å². The van der Waals surface area contributed by atoms with Crippen molar-refractivity contribution in [2.75, 3.05) is 19.6 Å². The number of aromatic nitrogens is 2. The number of aliphatic carboxylic acids is 1. The van der Waals surface area contributed by atoms with Crippen molar-refractivity contribution in [2.24, 2.45) is 0 Å². The average Bonchev–Trinajstić information content (AvgIpc) is 3.85. The van der Waals surface area contributed by atoms with E-state index in [-0.39, 0.29) is 40.8 Å². The van der Waals surface area contributed by atoms with Gasteiger partial charge in [0.05, 0.1) is 0 Å². The molecule has 2 saturated heterocycles. The first-order valence-electron chi connectivity index (χ1n) is 17.7. The van der Waals surface area contributed by atoms with Crippen molar-refractivity contribution in [3.8, 4) is 39.8 Å². The lowest BCUT2D eigenvalue weighted by Gasteiger charge is -2.33. The Morgan fingerprint density at radius 3 is 2.18 bits per heavy atom. The van der Waals surface area contributed by atoms with Crippen LogP contribution < -0.4 is 4.74 Å². The van der Waals surface area contributed by atoms with Crippen LogP contribution in [0.1, 0.15) is 40.7 Å². The highest BCUT2D eigenvalue weighted by atomic mass is 19.4. The molecule has 0 aliphatic carbocycles. The maximum absolute atomic E-state index is 14.3. The highest BCUT2D eigenvalue weighted by Gasteiger charge is 2.36. The number of ether oxygens (including phenoxy) is 1. The van der Waals surface area contributed by atoms with E-state index in [4.69, 9.17) is 18.6 Å². The fourth-order valence-corrected chi connectivity index (χ4v) is 7.74. The number of halogens is 5. The van der Waals surface area contributed by atoms with Gasteiger partial charge in [-0.05, 0) is 97.0 Å². The lowest BCUT2D eigenvalue weighted by atomic mass is 9.91. The van der Waals surface area contributed by atoms with E-state index in [1.165, 1.54) is 6.07 Å². The summed E-state index contributed by atoms with van der Waals surface area (Å²) < 4.78 is 86.7. The van der Waals surface area contributed by atoms with Crippen molar-refractivity contribution in [1.29, 1.82) is 0 Å². The first-order chi connectivity index (χ1) is 26.2. The third-order valence-electron chi connectivity index (χ3n) is 10.4. The number of nitrogens with zero attached hydrogens (tertiary/aromatic N) is 4. The summed E-state index contributed by atoms with van der Waals surface area (Å²) in [5, 5.41) is 9.64. The number of likely N-dealkylation sites (tertiary alicyclic amines) is 2. The average molecular weight is 759 g/mol. The molecule has 0 radical (unpaired) electrons. The van der Waals surface area contributed by atoms with Gasteiger partial charge in [0, 0.05) is 48.9 Å². The van der Waals surface area contributed by atoms with Gasteiger partial charge in [0.2, 0.25) is 11.8 Å². The zero-order valence-corrected chi connectivity index (χ0v) is 29.8. The molecule has 55 heavy (non-hydrogen) atoms. The van der Waals surface area contributed by atoms with Gasteiger partial charge in [-0.15, -0.1) is 0 Å². The molecule has 2 fully saturated rings. The largest absolute Gasteiger partial charge is 0.480 e. The van der Waals surface area contributed by atoms with E-state index in [9.17, 15) is 31.9 Å². The molecule has 2 aromatic heterocycles. The molecule has 0 unspecified atom stereocenters. The lowest BCUT2D eigenvalue weighted by Crippen LogP contribution is -2.38. The van der Waals surface area contributed by atoms with E-state index in [1.54, 1.807) is 29.2 Å². The van der Waals surface area contributed by atoms with E-state index in [0.717, 1.165) is 33.9 Å². The molecule has 4 aromatic carbocycles. The first kappa shape index (κ1) is 36.4. The van der Waals surface area contributed by atoms with Gasteiger partial charge in [-0.3, -0.25) is 14.6 Å². The molecule has 6 aromatic rings. The molecule has 0 amide bonds. The molecule has 2 aliphatic rings. The zero-order valence-electron chi connectivity index (χ0n) is 29.8. The van der Waals surface area contributed by atoms with Crippen LogP contribution in [0.15, 0.2) is 81.7 Å². The molecular weight excluding hydrogens is 723 g/mol. The van der Waals surface area contributed by atoms with Crippen molar-refractivity contribution in [3.63, 3.8) is 0 Å². The molecule has 8 rings (SSSR count). The Bertz CT molecular complexity index is 2480. The van der Waals surface area contributed by atoms with Gasteiger partial charge >= 0.3 is 18.8 Å². The van der Waals surface area contributed by atoms with E-state index in [1.807, 2.05) is 43.0 Å². The summed E-state index contributed by atoms with van der Waals surface area (Å²) in [6.07, 6.45) is -3.53. The smallest absolute Gasteiger partial charge is 0.420 e. The fraction of sp³-hybridized carbons (Fsp3) is 0.293.